The maximum Gasteiger partial charge on any atom is 0.155 e. The third kappa shape index (κ3) is 3.22. The second-order valence-corrected chi connectivity index (χ2v) is 7.65. The lowest BCUT2D eigenvalue weighted by atomic mass is 9.95. The van der Waals surface area contributed by atoms with Gasteiger partial charge >= 0.3 is 0 Å². The van der Waals surface area contributed by atoms with Crippen molar-refractivity contribution >= 4 is 16.9 Å². The highest BCUT2D eigenvalue weighted by Gasteiger charge is 2.29. The van der Waals surface area contributed by atoms with Crippen LogP contribution in [0.25, 0.3) is 11.1 Å². The van der Waals surface area contributed by atoms with Crippen LogP contribution in [0.2, 0.25) is 0 Å². The van der Waals surface area contributed by atoms with Crippen LogP contribution in [-0.4, -0.2) is 25.3 Å². The Labute approximate surface area is 156 Å². The van der Waals surface area contributed by atoms with E-state index in [1.807, 2.05) is 19.3 Å². The molecule has 0 bridgehead atoms. The van der Waals surface area contributed by atoms with Crippen molar-refractivity contribution in [3.8, 4) is 11.1 Å². The zero-order chi connectivity index (χ0) is 18.1. The normalized spacial score (nSPS) is 20.0. The highest BCUT2D eigenvalue weighted by atomic mass is 32.2. The molecule has 2 unspecified atom stereocenters. The van der Waals surface area contributed by atoms with Crippen LogP contribution in [0.15, 0.2) is 48.0 Å². The number of hydrogen-bond donors (Lipinski definition) is 2. The van der Waals surface area contributed by atoms with E-state index in [4.69, 9.17) is 10.7 Å². The van der Waals surface area contributed by atoms with E-state index in [1.54, 1.807) is 11.8 Å². The van der Waals surface area contributed by atoms with Crippen molar-refractivity contribution in [3.05, 3.63) is 65.5 Å². The zero-order valence-electron chi connectivity index (χ0n) is 14.7. The minimum atomic E-state index is 0.0273. The predicted molar refractivity (Wildman–Crippen MR) is 105 cm³/mol. The molecule has 6 nitrogen and oxygen atoms in total. The van der Waals surface area contributed by atoms with E-state index in [9.17, 15) is 0 Å². The minimum absolute atomic E-state index is 0.0273. The Morgan fingerprint density at radius 1 is 1.15 bits per heavy atom. The topological polar surface area (TPSA) is 92.8 Å². The van der Waals surface area contributed by atoms with Crippen molar-refractivity contribution in [2.45, 2.75) is 31.6 Å². The maximum absolute atomic E-state index is 6.17. The van der Waals surface area contributed by atoms with E-state index >= 15 is 0 Å². The van der Waals surface area contributed by atoms with Gasteiger partial charge in [-0.25, -0.2) is 9.97 Å². The third-order valence-electron chi connectivity index (χ3n) is 4.66. The van der Waals surface area contributed by atoms with Crippen LogP contribution >= 0.6 is 11.8 Å². The van der Waals surface area contributed by atoms with Crippen molar-refractivity contribution in [2.24, 2.45) is 10.7 Å². The van der Waals surface area contributed by atoms with Gasteiger partial charge in [0.15, 0.2) is 5.17 Å². The molecule has 2 aromatic heterocycles. The summed E-state index contributed by atoms with van der Waals surface area (Å²) in [6.45, 7) is 4.09. The van der Waals surface area contributed by atoms with Gasteiger partial charge in [0.2, 0.25) is 0 Å². The summed E-state index contributed by atoms with van der Waals surface area (Å²) >= 11 is 1.62. The summed E-state index contributed by atoms with van der Waals surface area (Å²) in [4.78, 5) is 12.9. The number of benzene rings is 1. The Hall–Kier alpha value is -2.67. The molecular weight excluding hydrogens is 344 g/mol. The number of aromatic nitrogens is 4. The first kappa shape index (κ1) is 16.8. The van der Waals surface area contributed by atoms with E-state index in [0.29, 0.717) is 5.17 Å². The molecule has 1 aromatic carbocycles. The number of H-pyrrole nitrogens is 1. The molecule has 2 atom stereocenters. The van der Waals surface area contributed by atoms with Gasteiger partial charge in [-0.2, -0.15) is 5.10 Å². The average molecular weight is 364 g/mol. The number of aromatic amines is 1. The smallest absolute Gasteiger partial charge is 0.155 e. The number of thioether (sulfide) groups is 1. The molecule has 0 aliphatic carbocycles. The van der Waals surface area contributed by atoms with E-state index in [0.717, 1.165) is 34.5 Å². The third-order valence-corrected chi connectivity index (χ3v) is 5.72. The molecule has 1 aliphatic rings. The number of rotatable bonds is 3. The van der Waals surface area contributed by atoms with Gasteiger partial charge in [0.1, 0.15) is 6.33 Å². The molecule has 1 aliphatic heterocycles. The Morgan fingerprint density at radius 3 is 2.69 bits per heavy atom. The van der Waals surface area contributed by atoms with Gasteiger partial charge < -0.3 is 5.73 Å². The molecule has 3 N–H and O–H groups in total. The fraction of sp³-hybridized carbons (Fsp3) is 0.263. The number of aryl methyl sites for hydroxylation is 2. The quantitative estimate of drug-likeness (QED) is 0.739. The van der Waals surface area contributed by atoms with Crippen molar-refractivity contribution in [3.63, 3.8) is 0 Å². The first-order valence-electron chi connectivity index (χ1n) is 8.48. The lowest BCUT2D eigenvalue weighted by Crippen LogP contribution is -2.19. The fourth-order valence-corrected chi connectivity index (χ4v) is 4.65. The van der Waals surface area contributed by atoms with Gasteiger partial charge in [-0.05, 0) is 37.5 Å². The van der Waals surface area contributed by atoms with E-state index in [-0.39, 0.29) is 11.3 Å². The van der Waals surface area contributed by atoms with Crippen molar-refractivity contribution in [1.29, 1.82) is 0 Å². The first-order valence-corrected chi connectivity index (χ1v) is 9.36. The van der Waals surface area contributed by atoms with E-state index < -0.39 is 0 Å². The number of aliphatic imine (C=N–C) groups is 1. The number of nitrogens with one attached hydrogen (secondary N) is 1. The molecule has 0 saturated carbocycles. The molecule has 0 saturated heterocycles. The van der Waals surface area contributed by atoms with Gasteiger partial charge in [0, 0.05) is 34.5 Å². The summed E-state index contributed by atoms with van der Waals surface area (Å²) < 4.78 is 0. The van der Waals surface area contributed by atoms with Gasteiger partial charge in [-0.1, -0.05) is 30.0 Å². The van der Waals surface area contributed by atoms with Crippen LogP contribution in [0.3, 0.4) is 0 Å². The molecule has 4 rings (SSSR count). The van der Waals surface area contributed by atoms with Crippen molar-refractivity contribution in [1.82, 2.24) is 20.2 Å². The van der Waals surface area contributed by atoms with Crippen molar-refractivity contribution in [2.75, 3.05) is 0 Å². The van der Waals surface area contributed by atoms with Crippen LogP contribution in [0.5, 0.6) is 0 Å². The van der Waals surface area contributed by atoms with Crippen LogP contribution in [0.1, 0.15) is 40.2 Å². The predicted octanol–water partition coefficient (Wildman–Crippen LogP) is 3.72. The lowest BCUT2D eigenvalue weighted by molar-refractivity contribution is 0.637. The number of hydrogen-bond acceptors (Lipinski definition) is 6. The Balaban J connectivity index is 1.66. The van der Waals surface area contributed by atoms with Crippen LogP contribution < -0.4 is 5.73 Å². The second kappa shape index (κ2) is 6.92. The average Bonchev–Trinajstić information content (AvgIpc) is 3.00. The van der Waals surface area contributed by atoms with E-state index in [2.05, 4.69) is 51.4 Å². The van der Waals surface area contributed by atoms with Gasteiger partial charge in [-0.15, -0.1) is 0 Å². The van der Waals surface area contributed by atoms with Crippen LogP contribution in [0.4, 0.5) is 0 Å². The molecule has 0 spiro atoms. The molecule has 0 amide bonds. The second-order valence-electron chi connectivity index (χ2n) is 6.43. The summed E-state index contributed by atoms with van der Waals surface area (Å²) in [6, 6.07) is 8.40. The summed E-state index contributed by atoms with van der Waals surface area (Å²) in [5.41, 5.74) is 12.8. The Morgan fingerprint density at radius 2 is 1.96 bits per heavy atom. The summed E-state index contributed by atoms with van der Waals surface area (Å²) in [5.74, 6) is 0. The monoisotopic (exact) mass is 364 g/mol. The molecule has 3 aromatic rings. The Kier molecular flexibility index (Phi) is 4.46. The Bertz CT molecular complexity index is 930. The van der Waals surface area contributed by atoms with Crippen LogP contribution in [-0.2, 0) is 0 Å². The van der Waals surface area contributed by atoms with Gasteiger partial charge in [-0.3, -0.25) is 10.1 Å². The number of nitrogens with zero attached hydrogens (tertiary/aromatic N) is 4. The molecule has 132 valence electrons. The molecule has 0 fully saturated rings. The SMILES string of the molecule is Cc1n[nH]c(C)c1C1CC(c2cccc(-c3cncnc3)c2)N=C(N)S1. The summed E-state index contributed by atoms with van der Waals surface area (Å²) in [5, 5.41) is 8.29. The molecule has 7 heteroatoms. The highest BCUT2D eigenvalue weighted by Crippen LogP contribution is 2.44. The first-order chi connectivity index (χ1) is 12.6. The van der Waals surface area contributed by atoms with E-state index in [1.165, 1.54) is 11.9 Å². The van der Waals surface area contributed by atoms with Crippen molar-refractivity contribution < 1.29 is 0 Å². The fourth-order valence-electron chi connectivity index (χ4n) is 3.43. The molecule has 3 heterocycles. The van der Waals surface area contributed by atoms with Gasteiger partial charge in [0.25, 0.3) is 0 Å². The standard InChI is InChI=1S/C19H20N6S/c1-11-18(12(2)25-24-11)17-7-16(23-19(20)26-17)14-5-3-4-13(6-14)15-8-21-10-22-9-15/h3-6,8-10,16-17H,7H2,1-2H3,(H2,20,23)(H,24,25). The molecular formula is C19H20N6S. The number of amidine groups is 1. The zero-order valence-corrected chi connectivity index (χ0v) is 15.5. The lowest BCUT2D eigenvalue weighted by Gasteiger charge is -2.26. The summed E-state index contributed by atoms with van der Waals surface area (Å²) in [7, 11) is 0. The maximum atomic E-state index is 6.17. The molecule has 26 heavy (non-hydrogen) atoms. The van der Waals surface area contributed by atoms with Crippen LogP contribution in [0, 0.1) is 13.8 Å². The highest BCUT2D eigenvalue weighted by molar-refractivity contribution is 8.14. The molecule has 0 radical (unpaired) electrons. The number of nitrogens with two attached hydrogens (primary N) is 1. The van der Waals surface area contributed by atoms with Gasteiger partial charge in [0.05, 0.1) is 11.7 Å². The minimum Gasteiger partial charge on any atom is -0.379 e. The largest absolute Gasteiger partial charge is 0.379 e. The summed E-state index contributed by atoms with van der Waals surface area (Å²) in [6.07, 6.45) is 6.07.